The Bertz CT molecular complexity index is 529. The van der Waals surface area contributed by atoms with Crippen LogP contribution in [0.4, 0.5) is 0 Å². The van der Waals surface area contributed by atoms with Crippen LogP contribution in [0.15, 0.2) is 29.3 Å². The fraction of sp³-hybridized carbons (Fsp3) is 0.650. The van der Waals surface area contributed by atoms with E-state index in [-0.39, 0.29) is 24.0 Å². The lowest BCUT2D eigenvalue weighted by Gasteiger charge is -2.25. The van der Waals surface area contributed by atoms with Crippen LogP contribution in [-0.4, -0.2) is 62.6 Å². The molecular weight excluding hydrogens is 439 g/mol. The van der Waals surface area contributed by atoms with Gasteiger partial charge in [0.15, 0.2) is 5.96 Å². The molecule has 1 heterocycles. The van der Waals surface area contributed by atoms with Crippen molar-refractivity contribution in [2.24, 2.45) is 10.9 Å². The van der Waals surface area contributed by atoms with Crippen molar-refractivity contribution in [2.45, 2.75) is 33.2 Å². The van der Waals surface area contributed by atoms with E-state index in [0.29, 0.717) is 12.5 Å². The molecule has 26 heavy (non-hydrogen) atoms. The van der Waals surface area contributed by atoms with Gasteiger partial charge in [-0.05, 0) is 56.5 Å². The maximum Gasteiger partial charge on any atom is 0.193 e. The van der Waals surface area contributed by atoms with Crippen molar-refractivity contribution >= 4 is 29.9 Å². The number of rotatable bonds is 8. The van der Waals surface area contributed by atoms with E-state index >= 15 is 0 Å². The minimum Gasteiger partial charge on any atom is -0.494 e. The zero-order valence-corrected chi connectivity index (χ0v) is 19.0. The average Bonchev–Trinajstić information content (AvgIpc) is 3.10. The van der Waals surface area contributed by atoms with Crippen LogP contribution in [0.1, 0.15) is 32.3 Å². The quantitative estimate of drug-likeness (QED) is 0.356. The van der Waals surface area contributed by atoms with Crippen LogP contribution in [0.25, 0.3) is 0 Å². The lowest BCUT2D eigenvalue weighted by atomic mass is 10.1. The molecule has 1 aliphatic rings. The summed E-state index contributed by atoms with van der Waals surface area (Å²) in [6.07, 6.45) is 2.71. The van der Waals surface area contributed by atoms with Gasteiger partial charge in [-0.25, -0.2) is 0 Å². The van der Waals surface area contributed by atoms with E-state index in [2.05, 4.69) is 46.2 Å². The van der Waals surface area contributed by atoms with Gasteiger partial charge in [0, 0.05) is 33.7 Å². The van der Waals surface area contributed by atoms with Crippen LogP contribution >= 0.6 is 24.0 Å². The lowest BCUT2D eigenvalue weighted by Crippen LogP contribution is -2.42. The van der Waals surface area contributed by atoms with E-state index in [0.717, 1.165) is 24.8 Å². The monoisotopic (exact) mass is 474 g/mol. The average molecular weight is 474 g/mol. The van der Waals surface area contributed by atoms with Crippen molar-refractivity contribution in [2.75, 3.05) is 46.9 Å². The van der Waals surface area contributed by atoms with Crippen LogP contribution < -0.4 is 10.1 Å². The van der Waals surface area contributed by atoms with Crippen LogP contribution in [0.5, 0.6) is 5.75 Å². The molecule has 0 aliphatic carbocycles. The number of aliphatic imine (C=N–C) groups is 1. The Labute approximate surface area is 176 Å². The van der Waals surface area contributed by atoms with Crippen molar-refractivity contribution in [3.63, 3.8) is 0 Å². The Morgan fingerprint density at radius 2 is 1.92 bits per heavy atom. The first-order valence-electron chi connectivity index (χ1n) is 9.48. The van der Waals surface area contributed by atoms with E-state index in [4.69, 9.17) is 4.74 Å². The number of hydrogen-bond acceptors (Lipinski definition) is 3. The fourth-order valence-corrected chi connectivity index (χ4v) is 3.33. The second kappa shape index (κ2) is 12.4. The normalized spacial score (nSPS) is 16.1. The Morgan fingerprint density at radius 1 is 1.27 bits per heavy atom. The molecule has 0 aromatic heterocycles. The first-order chi connectivity index (χ1) is 12.1. The summed E-state index contributed by atoms with van der Waals surface area (Å²) in [4.78, 5) is 9.16. The maximum absolute atomic E-state index is 5.50. The van der Waals surface area contributed by atoms with Crippen molar-refractivity contribution in [3.05, 3.63) is 29.8 Å². The molecule has 1 saturated heterocycles. The summed E-state index contributed by atoms with van der Waals surface area (Å²) in [7, 11) is 3.93. The standard InChI is InChI=1S/C20H34N4O.HI/c1-5-25-19-10-8-18(9-11-19)16-23(4)20(21-3)22-14-17(2)15-24-12-6-7-13-24;/h8-11,17H,5-7,12-16H2,1-4H3,(H,21,22);1H. The number of nitrogens with one attached hydrogen (secondary N) is 1. The predicted molar refractivity (Wildman–Crippen MR) is 121 cm³/mol. The van der Waals surface area contributed by atoms with Crippen LogP contribution in [0.3, 0.4) is 0 Å². The topological polar surface area (TPSA) is 40.1 Å². The van der Waals surface area contributed by atoms with E-state index in [1.807, 2.05) is 26.1 Å². The Hall–Kier alpha value is -1.02. The van der Waals surface area contributed by atoms with E-state index in [1.165, 1.54) is 38.0 Å². The summed E-state index contributed by atoms with van der Waals surface area (Å²) in [6, 6.07) is 8.29. The van der Waals surface area contributed by atoms with Crippen LogP contribution in [0, 0.1) is 5.92 Å². The predicted octanol–water partition coefficient (Wildman–Crippen LogP) is 3.44. The summed E-state index contributed by atoms with van der Waals surface area (Å²) in [5.41, 5.74) is 1.25. The molecule has 1 aromatic rings. The Kier molecular flexibility index (Phi) is 11.0. The minimum atomic E-state index is 0. The molecule has 5 nitrogen and oxygen atoms in total. The molecule has 0 saturated carbocycles. The smallest absolute Gasteiger partial charge is 0.193 e. The number of benzene rings is 1. The highest BCUT2D eigenvalue weighted by Crippen LogP contribution is 2.13. The van der Waals surface area contributed by atoms with Crippen molar-refractivity contribution in [3.8, 4) is 5.75 Å². The minimum absolute atomic E-state index is 0. The number of ether oxygens (including phenoxy) is 1. The summed E-state index contributed by atoms with van der Waals surface area (Å²) >= 11 is 0. The van der Waals surface area contributed by atoms with E-state index in [1.54, 1.807) is 0 Å². The van der Waals surface area contributed by atoms with E-state index in [9.17, 15) is 0 Å². The van der Waals surface area contributed by atoms with Gasteiger partial charge in [0.2, 0.25) is 0 Å². The van der Waals surface area contributed by atoms with Gasteiger partial charge in [-0.1, -0.05) is 19.1 Å². The molecule has 1 unspecified atom stereocenters. The molecule has 0 bridgehead atoms. The third-order valence-corrected chi connectivity index (χ3v) is 4.60. The first kappa shape index (κ1) is 23.0. The summed E-state index contributed by atoms with van der Waals surface area (Å²) in [6.45, 7) is 10.5. The number of halogens is 1. The second-order valence-corrected chi connectivity index (χ2v) is 6.97. The Morgan fingerprint density at radius 3 is 2.50 bits per heavy atom. The van der Waals surface area contributed by atoms with Gasteiger partial charge in [0.25, 0.3) is 0 Å². The van der Waals surface area contributed by atoms with Crippen LogP contribution in [0.2, 0.25) is 0 Å². The van der Waals surface area contributed by atoms with Crippen molar-refractivity contribution in [1.29, 1.82) is 0 Å². The second-order valence-electron chi connectivity index (χ2n) is 6.97. The van der Waals surface area contributed by atoms with Gasteiger partial charge in [-0.3, -0.25) is 4.99 Å². The van der Waals surface area contributed by atoms with Gasteiger partial charge >= 0.3 is 0 Å². The molecule has 1 N–H and O–H groups in total. The first-order valence-corrected chi connectivity index (χ1v) is 9.48. The van der Waals surface area contributed by atoms with Gasteiger partial charge in [-0.2, -0.15) is 0 Å². The van der Waals surface area contributed by atoms with E-state index < -0.39 is 0 Å². The molecule has 2 rings (SSSR count). The highest BCUT2D eigenvalue weighted by Gasteiger charge is 2.15. The molecule has 1 aromatic carbocycles. The highest BCUT2D eigenvalue weighted by molar-refractivity contribution is 14.0. The number of likely N-dealkylation sites (tertiary alicyclic amines) is 1. The van der Waals surface area contributed by atoms with Gasteiger partial charge < -0.3 is 19.9 Å². The molecule has 1 aliphatic heterocycles. The molecule has 0 spiro atoms. The lowest BCUT2D eigenvalue weighted by molar-refractivity contribution is 0.286. The van der Waals surface area contributed by atoms with Crippen LogP contribution in [-0.2, 0) is 6.54 Å². The largest absolute Gasteiger partial charge is 0.494 e. The summed E-state index contributed by atoms with van der Waals surface area (Å²) in [5.74, 6) is 2.49. The third-order valence-electron chi connectivity index (χ3n) is 4.60. The van der Waals surface area contributed by atoms with Gasteiger partial charge in [0.05, 0.1) is 6.61 Å². The van der Waals surface area contributed by atoms with Gasteiger partial charge in [0.1, 0.15) is 5.75 Å². The molecule has 1 atom stereocenters. The zero-order chi connectivity index (χ0) is 18.1. The third kappa shape index (κ3) is 7.70. The maximum atomic E-state index is 5.50. The molecular formula is C20H35IN4O. The molecule has 6 heteroatoms. The van der Waals surface area contributed by atoms with Gasteiger partial charge in [-0.15, -0.1) is 24.0 Å². The molecule has 0 radical (unpaired) electrons. The number of guanidine groups is 1. The number of nitrogens with zero attached hydrogens (tertiary/aromatic N) is 3. The highest BCUT2D eigenvalue weighted by atomic mass is 127. The summed E-state index contributed by atoms with van der Waals surface area (Å²) in [5, 5.41) is 3.52. The Balaban J connectivity index is 0.00000338. The van der Waals surface area contributed by atoms with Crippen molar-refractivity contribution in [1.82, 2.24) is 15.1 Å². The zero-order valence-electron chi connectivity index (χ0n) is 16.7. The molecule has 0 amide bonds. The summed E-state index contributed by atoms with van der Waals surface area (Å²) < 4.78 is 5.50. The molecule has 148 valence electrons. The SMILES string of the molecule is CCOc1ccc(CN(C)C(=NC)NCC(C)CN2CCCC2)cc1.I. The fourth-order valence-electron chi connectivity index (χ4n) is 3.33. The molecule has 1 fully saturated rings. The number of hydrogen-bond donors (Lipinski definition) is 1. The van der Waals surface area contributed by atoms with Crippen molar-refractivity contribution < 1.29 is 4.74 Å².